The molecule has 2 aromatic heterocycles. The second kappa shape index (κ2) is 4.19. The van der Waals surface area contributed by atoms with Crippen molar-refractivity contribution in [2.45, 2.75) is 20.8 Å². The summed E-state index contributed by atoms with van der Waals surface area (Å²) < 4.78 is 7.99. The standard InChI is InChI=1S/C16H17N2O/c1-10-8-11(2)12(3)13(9-10)16-18(4)14-6-5-7-17-15(14)19-16/h5-9H,1-4H3/q+1. The highest BCUT2D eigenvalue weighted by Gasteiger charge is 2.23. The maximum Gasteiger partial charge on any atom is 0.383 e. The predicted molar refractivity (Wildman–Crippen MR) is 74.8 cm³/mol. The Morgan fingerprint density at radius 3 is 2.68 bits per heavy atom. The van der Waals surface area contributed by atoms with E-state index in [9.17, 15) is 0 Å². The van der Waals surface area contributed by atoms with Gasteiger partial charge in [-0.1, -0.05) is 6.07 Å². The van der Waals surface area contributed by atoms with E-state index >= 15 is 0 Å². The monoisotopic (exact) mass is 253 g/mol. The van der Waals surface area contributed by atoms with Gasteiger partial charge in [0.25, 0.3) is 11.2 Å². The summed E-state index contributed by atoms with van der Waals surface area (Å²) in [6.07, 6.45) is 1.75. The first-order valence-electron chi connectivity index (χ1n) is 6.39. The molecule has 19 heavy (non-hydrogen) atoms. The van der Waals surface area contributed by atoms with Crippen molar-refractivity contribution < 1.29 is 8.98 Å². The van der Waals surface area contributed by atoms with E-state index in [1.807, 2.05) is 19.2 Å². The third-order valence-corrected chi connectivity index (χ3v) is 3.65. The molecule has 0 atom stereocenters. The molecule has 0 fully saturated rings. The average Bonchev–Trinajstić information content (AvgIpc) is 2.72. The summed E-state index contributed by atoms with van der Waals surface area (Å²) in [5.74, 6) is 0.859. The van der Waals surface area contributed by atoms with Crippen LogP contribution in [0, 0.1) is 20.8 Å². The van der Waals surface area contributed by atoms with E-state index < -0.39 is 0 Å². The Labute approximate surface area is 112 Å². The maximum absolute atomic E-state index is 5.93. The van der Waals surface area contributed by atoms with Gasteiger partial charge in [-0.2, -0.15) is 4.57 Å². The number of fused-ring (bicyclic) bond motifs is 1. The highest BCUT2D eigenvalue weighted by atomic mass is 16.4. The molecule has 0 N–H and O–H groups in total. The van der Waals surface area contributed by atoms with Crippen molar-refractivity contribution in [2.24, 2.45) is 7.05 Å². The van der Waals surface area contributed by atoms with Crippen molar-refractivity contribution in [3.8, 4) is 11.5 Å². The van der Waals surface area contributed by atoms with E-state index in [0.29, 0.717) is 5.71 Å². The highest BCUT2D eigenvalue weighted by molar-refractivity contribution is 5.68. The molecule has 0 unspecified atom stereocenters. The minimum absolute atomic E-state index is 0.679. The van der Waals surface area contributed by atoms with E-state index in [0.717, 1.165) is 17.0 Å². The molecule has 3 rings (SSSR count). The number of nitrogens with zero attached hydrogens (tertiary/aromatic N) is 2. The Morgan fingerprint density at radius 1 is 1.16 bits per heavy atom. The predicted octanol–water partition coefficient (Wildman–Crippen LogP) is 3.24. The Morgan fingerprint density at radius 2 is 1.95 bits per heavy atom. The summed E-state index contributed by atoms with van der Waals surface area (Å²) in [4.78, 5) is 4.28. The summed E-state index contributed by atoms with van der Waals surface area (Å²) in [6, 6.07) is 8.31. The van der Waals surface area contributed by atoms with Gasteiger partial charge in [-0.05, 0) is 49.6 Å². The number of benzene rings is 1. The van der Waals surface area contributed by atoms with Gasteiger partial charge in [-0.25, -0.2) is 4.98 Å². The van der Waals surface area contributed by atoms with Crippen LogP contribution in [0.15, 0.2) is 34.9 Å². The Balaban J connectivity index is 2.33. The molecular formula is C16H17N2O+. The summed E-state index contributed by atoms with van der Waals surface area (Å²) in [6.45, 7) is 6.37. The number of pyridine rings is 1. The largest absolute Gasteiger partial charge is 0.383 e. The number of hydrogen-bond donors (Lipinski definition) is 0. The molecule has 0 bridgehead atoms. The summed E-state index contributed by atoms with van der Waals surface area (Å²) in [5, 5.41) is 0. The fraction of sp³-hybridized carbons (Fsp3) is 0.250. The zero-order valence-electron chi connectivity index (χ0n) is 11.7. The second-order valence-electron chi connectivity index (χ2n) is 5.05. The van der Waals surface area contributed by atoms with Crippen LogP contribution in [0.3, 0.4) is 0 Å². The first-order chi connectivity index (χ1) is 9.08. The van der Waals surface area contributed by atoms with Gasteiger partial charge in [-0.15, -0.1) is 0 Å². The normalized spacial score (nSPS) is 11.2. The molecule has 1 aromatic carbocycles. The van der Waals surface area contributed by atoms with Crippen LogP contribution >= 0.6 is 0 Å². The van der Waals surface area contributed by atoms with Gasteiger partial charge in [0.05, 0.1) is 5.56 Å². The van der Waals surface area contributed by atoms with Gasteiger partial charge in [0.15, 0.2) is 0 Å². The van der Waals surface area contributed by atoms with Crippen molar-refractivity contribution in [2.75, 3.05) is 0 Å². The molecule has 96 valence electrons. The number of aromatic nitrogens is 2. The van der Waals surface area contributed by atoms with Crippen LogP contribution in [-0.4, -0.2) is 4.98 Å². The first-order valence-corrected chi connectivity index (χ1v) is 6.39. The lowest BCUT2D eigenvalue weighted by molar-refractivity contribution is -0.637. The Hall–Kier alpha value is -2.16. The van der Waals surface area contributed by atoms with Crippen molar-refractivity contribution in [1.29, 1.82) is 0 Å². The van der Waals surface area contributed by atoms with E-state index in [1.54, 1.807) is 6.20 Å². The van der Waals surface area contributed by atoms with Gasteiger partial charge < -0.3 is 4.42 Å². The van der Waals surface area contributed by atoms with Crippen LogP contribution in [0.1, 0.15) is 16.7 Å². The maximum atomic E-state index is 5.93. The second-order valence-corrected chi connectivity index (χ2v) is 5.05. The molecule has 0 aliphatic heterocycles. The lowest BCUT2D eigenvalue weighted by Gasteiger charge is -2.05. The van der Waals surface area contributed by atoms with Crippen molar-refractivity contribution in [1.82, 2.24) is 4.98 Å². The van der Waals surface area contributed by atoms with E-state index in [2.05, 4.69) is 42.5 Å². The van der Waals surface area contributed by atoms with Crippen LogP contribution in [0.5, 0.6) is 0 Å². The Kier molecular flexibility index (Phi) is 2.63. The Bertz CT molecular complexity index is 772. The summed E-state index contributed by atoms with van der Waals surface area (Å²) >= 11 is 0. The molecule has 0 aliphatic rings. The number of oxazole rings is 1. The zero-order chi connectivity index (χ0) is 13.6. The first kappa shape index (κ1) is 11.9. The molecule has 3 aromatic rings. The third kappa shape index (κ3) is 1.82. The molecule has 0 saturated carbocycles. The summed E-state index contributed by atoms with van der Waals surface area (Å²) in [7, 11) is 2.01. The van der Waals surface area contributed by atoms with Gasteiger partial charge in [-0.3, -0.25) is 0 Å². The smallest absolute Gasteiger partial charge is 0.378 e. The van der Waals surface area contributed by atoms with Crippen molar-refractivity contribution >= 4 is 11.2 Å². The molecule has 3 nitrogen and oxygen atoms in total. The average molecular weight is 253 g/mol. The van der Waals surface area contributed by atoms with Crippen molar-refractivity contribution in [3.63, 3.8) is 0 Å². The van der Waals surface area contributed by atoms with Gasteiger partial charge in [0.1, 0.15) is 7.05 Å². The molecule has 0 saturated heterocycles. The third-order valence-electron chi connectivity index (χ3n) is 3.65. The molecule has 0 spiro atoms. The van der Waals surface area contributed by atoms with Crippen LogP contribution in [0.2, 0.25) is 0 Å². The quantitative estimate of drug-likeness (QED) is 0.623. The lowest BCUT2D eigenvalue weighted by atomic mass is 10.00. The molecule has 2 heterocycles. The fourth-order valence-electron chi connectivity index (χ4n) is 2.48. The molecule has 0 aliphatic carbocycles. The number of aryl methyl sites for hydroxylation is 3. The van der Waals surface area contributed by atoms with Gasteiger partial charge >= 0.3 is 5.89 Å². The van der Waals surface area contributed by atoms with Gasteiger partial charge in [0, 0.05) is 12.3 Å². The molecule has 3 heteroatoms. The number of rotatable bonds is 1. The number of hydrogen-bond acceptors (Lipinski definition) is 2. The summed E-state index contributed by atoms with van der Waals surface area (Å²) in [5.41, 5.74) is 6.60. The highest BCUT2D eigenvalue weighted by Crippen LogP contribution is 2.27. The minimum Gasteiger partial charge on any atom is -0.378 e. The molecular weight excluding hydrogens is 236 g/mol. The van der Waals surface area contributed by atoms with Crippen LogP contribution in [0.4, 0.5) is 0 Å². The van der Waals surface area contributed by atoms with Crippen LogP contribution < -0.4 is 4.57 Å². The lowest BCUT2D eigenvalue weighted by Crippen LogP contribution is -2.28. The fourth-order valence-corrected chi connectivity index (χ4v) is 2.48. The van der Waals surface area contributed by atoms with Crippen LogP contribution in [0.25, 0.3) is 22.7 Å². The SMILES string of the molecule is Cc1cc(C)c(C)c(-c2oc3ncccc3[n+]2C)c1. The molecule has 0 amide bonds. The molecule has 0 radical (unpaired) electrons. The van der Waals surface area contributed by atoms with E-state index in [4.69, 9.17) is 4.42 Å². The zero-order valence-corrected chi connectivity index (χ0v) is 11.7. The van der Waals surface area contributed by atoms with Gasteiger partial charge in [0.2, 0.25) is 0 Å². The topological polar surface area (TPSA) is 29.9 Å². The van der Waals surface area contributed by atoms with Crippen molar-refractivity contribution in [3.05, 3.63) is 47.2 Å². The van der Waals surface area contributed by atoms with Crippen LogP contribution in [-0.2, 0) is 7.05 Å². The van der Waals surface area contributed by atoms with E-state index in [1.165, 1.54) is 16.7 Å². The van der Waals surface area contributed by atoms with E-state index in [-0.39, 0.29) is 0 Å². The minimum atomic E-state index is 0.679.